The van der Waals surface area contributed by atoms with Crippen molar-refractivity contribution < 1.29 is 41.7 Å². The fraction of sp³-hybridized carbons (Fsp3) is 0.423. The molecule has 37 heavy (non-hydrogen) atoms. The van der Waals surface area contributed by atoms with Crippen LogP contribution >= 0.6 is 0 Å². The Morgan fingerprint density at radius 1 is 0.919 bits per heavy atom. The summed E-state index contributed by atoms with van der Waals surface area (Å²) in [6.07, 6.45) is 1.35. The first-order chi connectivity index (χ1) is 17.5. The number of ether oxygens (including phenoxy) is 4. The lowest BCUT2D eigenvalue weighted by molar-refractivity contribution is -0.946. The lowest BCUT2D eigenvalue weighted by atomic mass is 10.00. The Kier molecular flexibility index (Phi) is 10.2. The number of hydrogen-bond acceptors (Lipinski definition) is 8. The summed E-state index contributed by atoms with van der Waals surface area (Å²) in [4.78, 5) is 12.3. The number of carboxylic acid groups (broad SMARTS) is 1. The normalized spacial score (nSPS) is 12.7. The zero-order valence-electron chi connectivity index (χ0n) is 22.4. The fourth-order valence-electron chi connectivity index (χ4n) is 4.43. The molecule has 0 bridgehead atoms. The van der Waals surface area contributed by atoms with Crippen molar-refractivity contribution >= 4 is 27.8 Å². The van der Waals surface area contributed by atoms with Crippen LogP contribution in [0, 0.1) is 0 Å². The molecule has 0 radical (unpaired) electrons. The van der Waals surface area contributed by atoms with Gasteiger partial charge in [0, 0.05) is 17.8 Å². The number of benzene rings is 2. The van der Waals surface area contributed by atoms with E-state index in [-0.39, 0.29) is 10.2 Å². The van der Waals surface area contributed by atoms with Crippen LogP contribution in [0.2, 0.25) is 0 Å². The van der Waals surface area contributed by atoms with Crippen molar-refractivity contribution in [3.63, 3.8) is 0 Å². The van der Waals surface area contributed by atoms with Crippen LogP contribution in [0.4, 0.5) is 5.69 Å². The van der Waals surface area contributed by atoms with Crippen LogP contribution in [0.15, 0.2) is 35.7 Å². The van der Waals surface area contributed by atoms with E-state index in [0.29, 0.717) is 53.8 Å². The van der Waals surface area contributed by atoms with Crippen molar-refractivity contribution in [3.05, 3.63) is 46.9 Å². The quantitative estimate of drug-likeness (QED) is 0.366. The van der Waals surface area contributed by atoms with Gasteiger partial charge in [-0.2, -0.15) is 0 Å². The largest absolute Gasteiger partial charge is 0.544 e. The van der Waals surface area contributed by atoms with Crippen LogP contribution in [-0.2, 0) is 14.8 Å². The first-order valence-corrected chi connectivity index (χ1v) is 13.3. The van der Waals surface area contributed by atoms with Gasteiger partial charge >= 0.3 is 0 Å². The fourth-order valence-corrected chi connectivity index (χ4v) is 5.27. The maximum Gasteiger partial charge on any atom is 0.255 e. The smallest absolute Gasteiger partial charge is 0.255 e. The predicted octanol–water partition coefficient (Wildman–Crippen LogP) is 2.80. The van der Waals surface area contributed by atoms with Crippen molar-refractivity contribution in [2.75, 3.05) is 52.8 Å². The lowest BCUT2D eigenvalue weighted by Crippen LogP contribution is -2.56. The highest BCUT2D eigenvalue weighted by Gasteiger charge is 2.37. The van der Waals surface area contributed by atoms with Crippen LogP contribution in [0.3, 0.4) is 0 Å². The summed E-state index contributed by atoms with van der Waals surface area (Å²) < 4.78 is 50.0. The van der Waals surface area contributed by atoms with E-state index in [2.05, 4.69) is 4.72 Å². The van der Waals surface area contributed by atoms with E-state index in [1.54, 1.807) is 12.1 Å². The number of nitrogens with one attached hydrogen (secondary N) is 1. The van der Waals surface area contributed by atoms with E-state index < -0.39 is 22.0 Å². The first kappa shape index (κ1) is 29.8. The molecule has 10 nitrogen and oxygen atoms in total. The summed E-state index contributed by atoms with van der Waals surface area (Å²) in [6, 6.07) is 6.69. The molecule has 0 fully saturated rings. The molecule has 0 saturated heterocycles. The number of likely N-dealkylation sites (N-methyl/N-ethyl adjacent to an activating group) is 1. The zero-order chi connectivity index (χ0) is 27.8. The van der Waals surface area contributed by atoms with E-state index in [1.165, 1.54) is 52.7 Å². The van der Waals surface area contributed by atoms with Gasteiger partial charge in [0.25, 0.3) is 10.0 Å². The van der Waals surface area contributed by atoms with Crippen molar-refractivity contribution in [1.29, 1.82) is 0 Å². The second kappa shape index (κ2) is 12.7. The molecule has 0 saturated carbocycles. The molecule has 0 aromatic heterocycles. The summed E-state index contributed by atoms with van der Waals surface area (Å²) in [5.74, 6) is 0.277. The molecule has 0 aliphatic carbocycles. The van der Waals surface area contributed by atoms with E-state index in [0.717, 1.165) is 5.41 Å². The minimum atomic E-state index is -4.01. The van der Waals surface area contributed by atoms with Gasteiger partial charge in [0.05, 0.1) is 64.6 Å². The maximum absolute atomic E-state index is 13.0. The molecule has 2 aromatic carbocycles. The second-order valence-corrected chi connectivity index (χ2v) is 9.81. The number of hydrogen-bond donors (Lipinski definition) is 1. The highest BCUT2D eigenvalue weighted by molar-refractivity contribution is 7.95. The van der Waals surface area contributed by atoms with Crippen LogP contribution in [0.25, 0.3) is 6.08 Å². The Bertz CT molecular complexity index is 1190. The van der Waals surface area contributed by atoms with Crippen molar-refractivity contribution in [1.82, 2.24) is 0 Å². The number of methoxy groups -OCH3 is 4. The SMILES string of the molecule is CC[N+](CC)(CC)C(C(=O)[O-])c1cc(NS(=O)(=O)/C=C/c2c(OC)cc(OC)cc2OC)ccc1OC. The predicted molar refractivity (Wildman–Crippen MR) is 140 cm³/mol. The summed E-state index contributed by atoms with van der Waals surface area (Å²) in [6.45, 7) is 7.36. The molecular formula is C26H36N2O8S. The summed E-state index contributed by atoms with van der Waals surface area (Å²) >= 11 is 0. The highest BCUT2D eigenvalue weighted by Crippen LogP contribution is 2.37. The molecule has 204 valence electrons. The molecule has 1 N–H and O–H groups in total. The number of nitrogens with zero attached hydrogens (tertiary/aromatic N) is 1. The van der Waals surface area contributed by atoms with Gasteiger partial charge < -0.3 is 33.3 Å². The number of carboxylic acids is 1. The average Bonchev–Trinajstić information content (AvgIpc) is 2.89. The molecule has 1 atom stereocenters. The minimum absolute atomic E-state index is 0.182. The number of rotatable bonds is 14. The van der Waals surface area contributed by atoms with E-state index in [1.807, 2.05) is 20.8 Å². The topological polar surface area (TPSA) is 123 Å². The number of quaternary nitrogens is 1. The Morgan fingerprint density at radius 3 is 1.89 bits per heavy atom. The highest BCUT2D eigenvalue weighted by atomic mass is 32.2. The molecule has 0 aliphatic rings. The monoisotopic (exact) mass is 536 g/mol. The Morgan fingerprint density at radius 2 is 1.46 bits per heavy atom. The third-order valence-corrected chi connectivity index (χ3v) is 7.63. The minimum Gasteiger partial charge on any atom is -0.544 e. The van der Waals surface area contributed by atoms with Crippen LogP contribution < -0.4 is 28.8 Å². The molecule has 0 amide bonds. The second-order valence-electron chi connectivity index (χ2n) is 8.24. The van der Waals surface area contributed by atoms with Crippen LogP contribution in [0.5, 0.6) is 23.0 Å². The molecule has 0 aliphatic heterocycles. The molecule has 0 spiro atoms. The van der Waals surface area contributed by atoms with E-state index >= 15 is 0 Å². The van der Waals surface area contributed by atoms with Crippen molar-refractivity contribution in [3.8, 4) is 23.0 Å². The molecule has 2 aromatic rings. The number of carbonyl (C=O) groups is 1. The standard InChI is InChI=1S/C26H36N2O8S/c1-8-28(9-2,10-3)25(26(29)30)21-15-18(11-12-22(21)34-5)27-37(31,32)14-13-20-23(35-6)16-19(33-4)17-24(20)36-7/h11-17,25,27H,8-10H2,1-7H3/b14-13+. The third kappa shape index (κ3) is 6.66. The Hall–Kier alpha value is -3.44. The summed E-state index contributed by atoms with van der Waals surface area (Å²) in [7, 11) is 1.82. The van der Waals surface area contributed by atoms with E-state index in [4.69, 9.17) is 18.9 Å². The van der Waals surface area contributed by atoms with Gasteiger partial charge in [-0.15, -0.1) is 0 Å². The van der Waals surface area contributed by atoms with Crippen LogP contribution in [-0.4, -0.2) is 66.9 Å². The first-order valence-electron chi connectivity index (χ1n) is 11.8. The number of anilines is 1. The van der Waals surface area contributed by atoms with Gasteiger partial charge in [0.1, 0.15) is 29.0 Å². The van der Waals surface area contributed by atoms with Crippen LogP contribution in [0.1, 0.15) is 37.9 Å². The Labute approximate surface area is 219 Å². The van der Waals surface area contributed by atoms with Crippen molar-refractivity contribution in [2.24, 2.45) is 0 Å². The summed E-state index contributed by atoms with van der Waals surface area (Å²) in [5.41, 5.74) is 0.914. The Balaban J connectivity index is 2.51. The number of aliphatic carboxylic acids is 1. The molecule has 1 unspecified atom stereocenters. The number of carbonyl (C=O) groups excluding carboxylic acids is 1. The molecule has 0 heterocycles. The van der Waals surface area contributed by atoms with Crippen molar-refractivity contribution in [2.45, 2.75) is 26.8 Å². The van der Waals surface area contributed by atoms with Gasteiger partial charge in [-0.3, -0.25) is 4.72 Å². The van der Waals surface area contributed by atoms with Gasteiger partial charge in [0.2, 0.25) is 0 Å². The van der Waals surface area contributed by atoms with Gasteiger partial charge in [-0.25, -0.2) is 8.42 Å². The molecule has 2 rings (SSSR count). The van der Waals surface area contributed by atoms with Gasteiger partial charge in [0.15, 0.2) is 6.04 Å². The lowest BCUT2D eigenvalue weighted by Gasteiger charge is -2.43. The molecular weight excluding hydrogens is 500 g/mol. The number of sulfonamides is 1. The van der Waals surface area contributed by atoms with Gasteiger partial charge in [-0.05, 0) is 45.0 Å². The van der Waals surface area contributed by atoms with Gasteiger partial charge in [-0.1, -0.05) is 0 Å². The summed E-state index contributed by atoms with van der Waals surface area (Å²) in [5, 5.41) is 13.3. The molecule has 11 heteroatoms. The van der Waals surface area contributed by atoms with E-state index in [9.17, 15) is 18.3 Å². The zero-order valence-corrected chi connectivity index (χ0v) is 23.2. The maximum atomic E-state index is 13.0. The average molecular weight is 537 g/mol. The third-order valence-electron chi connectivity index (χ3n) is 6.61.